The fraction of sp³-hybridized carbons (Fsp3) is 0.211. The Hall–Kier alpha value is -2.73. The highest BCUT2D eigenvalue weighted by Gasteiger charge is 2.15. The summed E-state index contributed by atoms with van der Waals surface area (Å²) in [4.78, 5) is 19.2. The molecule has 0 aliphatic rings. The number of carbonyl (C=O) groups excluding carboxylic acids is 1. The van der Waals surface area contributed by atoms with Gasteiger partial charge in [0.2, 0.25) is 5.91 Å². The Kier molecular flexibility index (Phi) is 5.09. The first kappa shape index (κ1) is 17.1. The van der Waals surface area contributed by atoms with E-state index in [1.165, 1.54) is 11.9 Å². The largest absolute Gasteiger partial charge is 0.335 e. The Morgan fingerprint density at radius 1 is 1.28 bits per heavy atom. The molecule has 2 heterocycles. The van der Waals surface area contributed by atoms with E-state index in [1.54, 1.807) is 33.3 Å². The van der Waals surface area contributed by atoms with Crippen molar-refractivity contribution >= 4 is 23.3 Å². The molecule has 6 heteroatoms. The standard InChI is InChI=1S/C19H20N4OS/c1-14-10-11-25-18(14)8-9-19(24)22(3)15(2)16-4-6-17(7-5-16)23-13-20-12-21-23/h4-13,15H,1-3H3/b9-8+/t15-/m0/s1. The highest BCUT2D eigenvalue weighted by Crippen LogP contribution is 2.21. The molecule has 0 unspecified atom stereocenters. The van der Waals surface area contributed by atoms with Gasteiger partial charge in [0.05, 0.1) is 11.7 Å². The number of thiophene rings is 1. The lowest BCUT2D eigenvalue weighted by atomic mass is 10.1. The lowest BCUT2D eigenvalue weighted by molar-refractivity contribution is -0.126. The predicted octanol–water partition coefficient (Wildman–Crippen LogP) is 3.87. The summed E-state index contributed by atoms with van der Waals surface area (Å²) in [5.74, 6) is -0.0133. The molecule has 3 rings (SSSR count). The van der Waals surface area contributed by atoms with Gasteiger partial charge >= 0.3 is 0 Å². The van der Waals surface area contributed by atoms with E-state index in [0.29, 0.717) is 0 Å². The Morgan fingerprint density at radius 3 is 2.64 bits per heavy atom. The summed E-state index contributed by atoms with van der Waals surface area (Å²) in [6.07, 6.45) is 6.69. The van der Waals surface area contributed by atoms with Crippen LogP contribution >= 0.6 is 11.3 Å². The number of amides is 1. The van der Waals surface area contributed by atoms with Crippen LogP contribution in [-0.2, 0) is 4.79 Å². The highest BCUT2D eigenvalue weighted by atomic mass is 32.1. The Bertz CT molecular complexity index is 865. The van der Waals surface area contributed by atoms with Crippen LogP contribution in [0.1, 0.15) is 29.0 Å². The van der Waals surface area contributed by atoms with E-state index in [2.05, 4.69) is 16.1 Å². The predicted molar refractivity (Wildman–Crippen MR) is 101 cm³/mol. The maximum Gasteiger partial charge on any atom is 0.246 e. The number of hydrogen-bond donors (Lipinski definition) is 0. The number of likely N-dealkylation sites (N-methyl/N-ethyl adjacent to an activating group) is 1. The van der Waals surface area contributed by atoms with Gasteiger partial charge in [0.15, 0.2) is 0 Å². The monoisotopic (exact) mass is 352 g/mol. The molecule has 3 aromatic rings. The fourth-order valence-electron chi connectivity index (χ4n) is 2.48. The van der Waals surface area contributed by atoms with Crippen molar-refractivity contribution in [3.8, 4) is 5.69 Å². The van der Waals surface area contributed by atoms with Gasteiger partial charge < -0.3 is 4.90 Å². The van der Waals surface area contributed by atoms with E-state index in [4.69, 9.17) is 0 Å². The molecule has 0 aliphatic carbocycles. The Labute approximate surface area is 151 Å². The summed E-state index contributed by atoms with van der Waals surface area (Å²) in [5, 5.41) is 6.14. The second-order valence-electron chi connectivity index (χ2n) is 5.86. The highest BCUT2D eigenvalue weighted by molar-refractivity contribution is 7.11. The van der Waals surface area contributed by atoms with Crippen LogP contribution in [0.2, 0.25) is 0 Å². The van der Waals surface area contributed by atoms with Crippen molar-refractivity contribution in [3.05, 3.63) is 70.4 Å². The van der Waals surface area contributed by atoms with Gasteiger partial charge in [-0.05, 0) is 54.6 Å². The molecule has 1 amide bonds. The van der Waals surface area contributed by atoms with Gasteiger partial charge in [-0.2, -0.15) is 5.10 Å². The average molecular weight is 352 g/mol. The minimum Gasteiger partial charge on any atom is -0.335 e. The molecule has 0 radical (unpaired) electrons. The van der Waals surface area contributed by atoms with E-state index >= 15 is 0 Å². The average Bonchev–Trinajstić information content (AvgIpc) is 3.30. The molecule has 25 heavy (non-hydrogen) atoms. The number of nitrogens with zero attached hydrogens (tertiary/aromatic N) is 4. The van der Waals surface area contributed by atoms with Crippen molar-refractivity contribution in [2.24, 2.45) is 0 Å². The first-order chi connectivity index (χ1) is 12.1. The minimum atomic E-state index is -0.0219. The minimum absolute atomic E-state index is 0.0133. The van der Waals surface area contributed by atoms with Gasteiger partial charge in [-0.25, -0.2) is 9.67 Å². The topological polar surface area (TPSA) is 51.0 Å². The maximum absolute atomic E-state index is 12.4. The van der Waals surface area contributed by atoms with Crippen LogP contribution in [0.15, 0.2) is 54.4 Å². The zero-order valence-corrected chi connectivity index (χ0v) is 15.3. The molecule has 0 spiro atoms. The molecule has 0 saturated carbocycles. The molecule has 0 N–H and O–H groups in total. The zero-order chi connectivity index (χ0) is 17.8. The Balaban J connectivity index is 1.69. The third kappa shape index (κ3) is 3.85. The fourth-order valence-corrected chi connectivity index (χ4v) is 3.30. The molecule has 1 aromatic carbocycles. The van der Waals surface area contributed by atoms with Gasteiger partial charge in [-0.15, -0.1) is 11.3 Å². The molecule has 0 bridgehead atoms. The van der Waals surface area contributed by atoms with Gasteiger partial charge in [0.25, 0.3) is 0 Å². The molecule has 128 valence electrons. The van der Waals surface area contributed by atoms with Crippen molar-refractivity contribution < 1.29 is 4.79 Å². The number of carbonyl (C=O) groups is 1. The van der Waals surface area contributed by atoms with Crippen LogP contribution in [-0.4, -0.2) is 32.6 Å². The van der Waals surface area contributed by atoms with Crippen molar-refractivity contribution in [1.29, 1.82) is 0 Å². The summed E-state index contributed by atoms with van der Waals surface area (Å²) in [6.45, 7) is 4.07. The van der Waals surface area contributed by atoms with Crippen LogP contribution in [0.3, 0.4) is 0 Å². The van der Waals surface area contributed by atoms with Crippen LogP contribution in [0.4, 0.5) is 0 Å². The maximum atomic E-state index is 12.4. The summed E-state index contributed by atoms with van der Waals surface area (Å²) in [6, 6.07) is 10.0. The smallest absolute Gasteiger partial charge is 0.246 e. The molecule has 5 nitrogen and oxygen atoms in total. The zero-order valence-electron chi connectivity index (χ0n) is 14.5. The third-order valence-corrected chi connectivity index (χ3v) is 5.25. The van der Waals surface area contributed by atoms with Crippen LogP contribution in [0.25, 0.3) is 11.8 Å². The quantitative estimate of drug-likeness (QED) is 0.655. The van der Waals surface area contributed by atoms with Crippen molar-refractivity contribution in [3.63, 3.8) is 0 Å². The first-order valence-corrected chi connectivity index (χ1v) is 8.88. The summed E-state index contributed by atoms with van der Waals surface area (Å²) in [7, 11) is 1.82. The molecule has 2 aromatic heterocycles. The van der Waals surface area contributed by atoms with Crippen molar-refractivity contribution in [2.75, 3.05) is 7.05 Å². The van der Waals surface area contributed by atoms with Gasteiger partial charge in [0.1, 0.15) is 12.7 Å². The number of hydrogen-bond acceptors (Lipinski definition) is 4. The van der Waals surface area contributed by atoms with E-state index in [0.717, 1.165) is 16.1 Å². The molecular formula is C19H20N4OS. The van der Waals surface area contributed by atoms with Gasteiger partial charge in [-0.3, -0.25) is 4.79 Å². The SMILES string of the molecule is Cc1ccsc1/C=C/C(=O)N(C)[C@@H](C)c1ccc(-n2cncn2)cc1. The molecule has 0 aliphatic heterocycles. The second kappa shape index (κ2) is 7.44. The molecule has 0 fully saturated rings. The first-order valence-electron chi connectivity index (χ1n) is 8.00. The van der Waals surface area contributed by atoms with Crippen molar-refractivity contribution in [1.82, 2.24) is 19.7 Å². The van der Waals surface area contributed by atoms with Crippen LogP contribution < -0.4 is 0 Å². The summed E-state index contributed by atoms with van der Waals surface area (Å²) in [5.41, 5.74) is 3.20. The van der Waals surface area contributed by atoms with Crippen LogP contribution in [0, 0.1) is 6.92 Å². The number of benzene rings is 1. The van der Waals surface area contributed by atoms with Gasteiger partial charge in [-0.1, -0.05) is 12.1 Å². The van der Waals surface area contributed by atoms with E-state index in [1.807, 2.05) is 56.6 Å². The van der Waals surface area contributed by atoms with E-state index in [-0.39, 0.29) is 11.9 Å². The summed E-state index contributed by atoms with van der Waals surface area (Å²) >= 11 is 1.64. The second-order valence-corrected chi connectivity index (χ2v) is 6.81. The third-order valence-electron chi connectivity index (χ3n) is 4.27. The van der Waals surface area contributed by atoms with Crippen LogP contribution in [0.5, 0.6) is 0 Å². The van der Waals surface area contributed by atoms with E-state index in [9.17, 15) is 4.79 Å². The van der Waals surface area contributed by atoms with Crippen molar-refractivity contribution in [2.45, 2.75) is 19.9 Å². The number of rotatable bonds is 5. The molecule has 0 saturated heterocycles. The normalized spacial score (nSPS) is 12.4. The number of aromatic nitrogens is 3. The molecule has 1 atom stereocenters. The molecular weight excluding hydrogens is 332 g/mol. The van der Waals surface area contributed by atoms with E-state index < -0.39 is 0 Å². The van der Waals surface area contributed by atoms with Gasteiger partial charge in [0, 0.05) is 18.0 Å². The summed E-state index contributed by atoms with van der Waals surface area (Å²) < 4.78 is 1.70. The lowest BCUT2D eigenvalue weighted by Gasteiger charge is -2.24. The Morgan fingerprint density at radius 2 is 2.04 bits per heavy atom. The lowest BCUT2D eigenvalue weighted by Crippen LogP contribution is -2.27. The number of aryl methyl sites for hydroxylation is 1.